The molecule has 1 N–H and O–H groups in total. The molecule has 1 aliphatic carbocycles. The zero-order valence-electron chi connectivity index (χ0n) is 12.7. The first-order chi connectivity index (χ1) is 9.45. The second kappa shape index (κ2) is 4.81. The van der Waals surface area contributed by atoms with Crippen LogP contribution in [0.5, 0.6) is 5.75 Å². The van der Waals surface area contributed by atoms with Crippen LogP contribution in [0.2, 0.25) is 0 Å². The molecule has 0 atom stereocenters. The van der Waals surface area contributed by atoms with E-state index in [1.807, 2.05) is 19.2 Å². The molecular formula is C17H23NO2. The fourth-order valence-corrected chi connectivity index (χ4v) is 2.55. The van der Waals surface area contributed by atoms with Gasteiger partial charge in [0.25, 0.3) is 0 Å². The fraction of sp³-hybridized carbons (Fsp3) is 0.529. The third kappa shape index (κ3) is 2.55. The highest BCUT2D eigenvalue weighted by molar-refractivity contribution is 5.79. The summed E-state index contributed by atoms with van der Waals surface area (Å²) in [6, 6.07) is 8.84. The van der Waals surface area contributed by atoms with E-state index in [1.54, 1.807) is 0 Å². The summed E-state index contributed by atoms with van der Waals surface area (Å²) in [6.45, 7) is 6.48. The van der Waals surface area contributed by atoms with Gasteiger partial charge in [-0.2, -0.15) is 0 Å². The largest absolute Gasteiger partial charge is 0.490 e. The highest BCUT2D eigenvalue weighted by Crippen LogP contribution is 2.32. The van der Waals surface area contributed by atoms with Gasteiger partial charge in [0, 0.05) is 16.8 Å². The molecule has 1 saturated carbocycles. The zero-order chi connectivity index (χ0) is 14.3. The third-order valence-corrected chi connectivity index (χ3v) is 4.03. The predicted octanol–water partition coefficient (Wildman–Crippen LogP) is 3.86. The number of hydrogen-bond donors (Lipinski definition) is 1. The molecule has 0 aliphatic heterocycles. The van der Waals surface area contributed by atoms with Gasteiger partial charge in [-0.3, -0.25) is 0 Å². The van der Waals surface area contributed by atoms with E-state index in [4.69, 9.17) is 9.15 Å². The minimum Gasteiger partial charge on any atom is -0.490 e. The predicted molar refractivity (Wildman–Crippen MR) is 81.4 cm³/mol. The van der Waals surface area contributed by atoms with E-state index in [0.717, 1.165) is 35.3 Å². The van der Waals surface area contributed by atoms with Crippen molar-refractivity contribution in [3.05, 3.63) is 30.0 Å². The van der Waals surface area contributed by atoms with E-state index in [2.05, 4.69) is 38.2 Å². The summed E-state index contributed by atoms with van der Waals surface area (Å²) in [5, 5.41) is 4.39. The molecule has 1 aromatic heterocycles. The van der Waals surface area contributed by atoms with Crippen molar-refractivity contribution in [2.45, 2.75) is 51.2 Å². The second-order valence-electron chi connectivity index (χ2n) is 6.76. The molecule has 3 nitrogen and oxygen atoms in total. The Morgan fingerprint density at radius 1 is 1.20 bits per heavy atom. The van der Waals surface area contributed by atoms with Gasteiger partial charge in [0.2, 0.25) is 0 Å². The number of ether oxygens (including phenoxy) is 1. The third-order valence-electron chi connectivity index (χ3n) is 4.03. The summed E-state index contributed by atoms with van der Waals surface area (Å²) in [7, 11) is 2.01. The summed E-state index contributed by atoms with van der Waals surface area (Å²) in [6.07, 6.45) is 2.53. The molecule has 0 radical (unpaired) electrons. The van der Waals surface area contributed by atoms with Crippen LogP contribution in [0.25, 0.3) is 11.0 Å². The molecule has 1 heterocycles. The van der Waals surface area contributed by atoms with Crippen LogP contribution in [0.3, 0.4) is 0 Å². The van der Waals surface area contributed by atoms with Crippen LogP contribution >= 0.6 is 0 Å². The average Bonchev–Trinajstić information content (AvgIpc) is 2.76. The Morgan fingerprint density at radius 3 is 2.60 bits per heavy atom. The highest BCUT2D eigenvalue weighted by atomic mass is 16.5. The van der Waals surface area contributed by atoms with E-state index in [-0.39, 0.29) is 5.41 Å². The van der Waals surface area contributed by atoms with Gasteiger partial charge >= 0.3 is 0 Å². The number of fused-ring (bicyclic) bond motifs is 1. The number of furan rings is 1. The molecule has 0 saturated heterocycles. The molecular weight excluding hydrogens is 250 g/mol. The van der Waals surface area contributed by atoms with Crippen molar-refractivity contribution in [3.63, 3.8) is 0 Å². The van der Waals surface area contributed by atoms with Crippen LogP contribution in [0, 0.1) is 0 Å². The minimum absolute atomic E-state index is 0.0357. The van der Waals surface area contributed by atoms with E-state index < -0.39 is 0 Å². The van der Waals surface area contributed by atoms with Crippen molar-refractivity contribution in [2.24, 2.45) is 0 Å². The van der Waals surface area contributed by atoms with Crippen LogP contribution < -0.4 is 10.1 Å². The molecule has 0 spiro atoms. The molecule has 1 fully saturated rings. The van der Waals surface area contributed by atoms with E-state index in [1.165, 1.54) is 0 Å². The summed E-state index contributed by atoms with van der Waals surface area (Å²) in [5.41, 5.74) is 0.970. The first-order valence-corrected chi connectivity index (χ1v) is 7.34. The van der Waals surface area contributed by atoms with Crippen molar-refractivity contribution in [3.8, 4) is 5.75 Å². The Labute approximate surface area is 120 Å². The maximum Gasteiger partial charge on any atom is 0.134 e. The lowest BCUT2D eigenvalue weighted by Crippen LogP contribution is -2.45. The van der Waals surface area contributed by atoms with Crippen LogP contribution in [0.4, 0.5) is 0 Å². The lowest BCUT2D eigenvalue weighted by atomic mass is 9.89. The lowest BCUT2D eigenvalue weighted by molar-refractivity contribution is 0.0886. The highest BCUT2D eigenvalue weighted by Gasteiger charge is 2.29. The lowest BCUT2D eigenvalue weighted by Gasteiger charge is -2.35. The Hall–Kier alpha value is -1.48. The number of hydrogen-bond acceptors (Lipinski definition) is 3. The van der Waals surface area contributed by atoms with Crippen LogP contribution in [0.1, 0.15) is 39.4 Å². The molecule has 1 aromatic carbocycles. The van der Waals surface area contributed by atoms with Gasteiger partial charge in [-0.15, -0.1) is 0 Å². The molecule has 20 heavy (non-hydrogen) atoms. The van der Waals surface area contributed by atoms with Crippen LogP contribution in [0.15, 0.2) is 28.7 Å². The first kappa shape index (κ1) is 13.5. The number of benzene rings is 1. The minimum atomic E-state index is 0.0357. The molecule has 3 rings (SSSR count). The van der Waals surface area contributed by atoms with Gasteiger partial charge in [-0.25, -0.2) is 0 Å². The normalized spacial score (nSPS) is 22.8. The SMILES string of the molecule is CN[C@H]1C[C@H](Oc2ccc3oc(C(C)(C)C)cc3c2)C1. The van der Waals surface area contributed by atoms with Gasteiger partial charge < -0.3 is 14.5 Å². The zero-order valence-corrected chi connectivity index (χ0v) is 12.7. The van der Waals surface area contributed by atoms with Crippen molar-refractivity contribution in [1.82, 2.24) is 5.32 Å². The number of nitrogens with one attached hydrogen (secondary N) is 1. The second-order valence-corrected chi connectivity index (χ2v) is 6.76. The van der Waals surface area contributed by atoms with Gasteiger partial charge in [0.15, 0.2) is 0 Å². The quantitative estimate of drug-likeness (QED) is 0.922. The van der Waals surface area contributed by atoms with Crippen molar-refractivity contribution >= 4 is 11.0 Å². The van der Waals surface area contributed by atoms with Gasteiger partial charge in [0.05, 0.1) is 0 Å². The molecule has 108 valence electrons. The summed E-state index contributed by atoms with van der Waals surface area (Å²) in [5.74, 6) is 1.96. The summed E-state index contributed by atoms with van der Waals surface area (Å²) < 4.78 is 11.9. The molecule has 0 amide bonds. The number of rotatable bonds is 3. The summed E-state index contributed by atoms with van der Waals surface area (Å²) >= 11 is 0. The molecule has 0 unspecified atom stereocenters. The average molecular weight is 273 g/mol. The van der Waals surface area contributed by atoms with Gasteiger partial charge in [-0.05, 0) is 44.2 Å². The first-order valence-electron chi connectivity index (χ1n) is 7.34. The smallest absolute Gasteiger partial charge is 0.134 e. The standard InChI is InChI=1S/C17H23NO2/c1-17(2,3)16-8-11-7-13(5-6-15(11)20-16)19-14-9-12(10-14)18-4/h5-8,12,14,18H,9-10H2,1-4H3/t12-,14-. The van der Waals surface area contributed by atoms with E-state index in [9.17, 15) is 0 Å². The van der Waals surface area contributed by atoms with Crippen molar-refractivity contribution in [2.75, 3.05) is 7.05 Å². The van der Waals surface area contributed by atoms with E-state index in [0.29, 0.717) is 12.1 Å². The molecule has 3 heteroatoms. The Bertz CT molecular complexity index is 603. The van der Waals surface area contributed by atoms with E-state index >= 15 is 0 Å². The van der Waals surface area contributed by atoms with Crippen LogP contribution in [-0.4, -0.2) is 19.2 Å². The van der Waals surface area contributed by atoms with Crippen molar-refractivity contribution in [1.29, 1.82) is 0 Å². The molecule has 1 aliphatic rings. The van der Waals surface area contributed by atoms with Crippen LogP contribution in [-0.2, 0) is 5.41 Å². The Kier molecular flexibility index (Phi) is 3.25. The topological polar surface area (TPSA) is 34.4 Å². The fourth-order valence-electron chi connectivity index (χ4n) is 2.55. The molecule has 2 aromatic rings. The maximum atomic E-state index is 6.00. The maximum absolute atomic E-state index is 6.00. The van der Waals surface area contributed by atoms with Crippen molar-refractivity contribution < 1.29 is 9.15 Å². The van der Waals surface area contributed by atoms with Gasteiger partial charge in [0.1, 0.15) is 23.2 Å². The Balaban J connectivity index is 1.77. The van der Waals surface area contributed by atoms with Gasteiger partial charge in [-0.1, -0.05) is 20.8 Å². The monoisotopic (exact) mass is 273 g/mol. The Morgan fingerprint density at radius 2 is 1.95 bits per heavy atom. The summed E-state index contributed by atoms with van der Waals surface area (Å²) in [4.78, 5) is 0. The molecule has 0 bridgehead atoms.